The molecule has 0 unspecified atom stereocenters. The van der Waals surface area contributed by atoms with Crippen molar-refractivity contribution < 1.29 is 4.79 Å². The Kier molecular flexibility index (Phi) is 6.26. The number of rotatable bonds is 7. The van der Waals surface area contributed by atoms with Gasteiger partial charge >= 0.3 is 0 Å². The van der Waals surface area contributed by atoms with Crippen LogP contribution in [0.1, 0.15) is 55.1 Å². The van der Waals surface area contributed by atoms with Crippen molar-refractivity contribution in [3.63, 3.8) is 0 Å². The third-order valence-corrected chi connectivity index (χ3v) is 5.21. The smallest absolute Gasteiger partial charge is 0.230 e. The van der Waals surface area contributed by atoms with Crippen LogP contribution in [-0.2, 0) is 0 Å². The molecule has 154 valence electrons. The maximum absolute atomic E-state index is 12.7. The van der Waals surface area contributed by atoms with E-state index >= 15 is 0 Å². The summed E-state index contributed by atoms with van der Waals surface area (Å²) in [6.07, 6.45) is 2.11. The molecule has 3 aromatic rings. The minimum atomic E-state index is -0.0437. The summed E-state index contributed by atoms with van der Waals surface area (Å²) in [5.74, 6) is 0.528. The van der Waals surface area contributed by atoms with Gasteiger partial charge in [0.25, 0.3) is 0 Å². The fourth-order valence-corrected chi connectivity index (χ4v) is 4.14. The van der Waals surface area contributed by atoms with Crippen LogP contribution >= 0.6 is 0 Å². The molecule has 0 fully saturated rings. The van der Waals surface area contributed by atoms with E-state index in [4.69, 9.17) is 4.98 Å². The first kappa shape index (κ1) is 20.9. The highest BCUT2D eigenvalue weighted by Crippen LogP contribution is 2.33. The van der Waals surface area contributed by atoms with E-state index < -0.39 is 0 Å². The molecule has 1 heterocycles. The zero-order valence-corrected chi connectivity index (χ0v) is 18.5. The number of hydrogen-bond donors (Lipinski definition) is 1. The first-order valence-electron chi connectivity index (χ1n) is 10.5. The van der Waals surface area contributed by atoms with Gasteiger partial charge in [0, 0.05) is 25.7 Å². The molecule has 5 nitrogen and oxygen atoms in total. The summed E-state index contributed by atoms with van der Waals surface area (Å²) in [4.78, 5) is 19.9. The van der Waals surface area contributed by atoms with Crippen LogP contribution in [0.3, 0.4) is 0 Å². The van der Waals surface area contributed by atoms with Crippen LogP contribution in [0.25, 0.3) is 11.0 Å². The van der Waals surface area contributed by atoms with Crippen LogP contribution in [0.2, 0.25) is 0 Å². The van der Waals surface area contributed by atoms with Crippen molar-refractivity contribution in [1.82, 2.24) is 9.55 Å². The molecule has 29 heavy (non-hydrogen) atoms. The van der Waals surface area contributed by atoms with Gasteiger partial charge in [0.05, 0.1) is 11.2 Å². The Morgan fingerprint density at radius 1 is 1.07 bits per heavy atom. The van der Waals surface area contributed by atoms with Crippen molar-refractivity contribution in [1.29, 1.82) is 0 Å². The van der Waals surface area contributed by atoms with E-state index in [1.807, 2.05) is 12.1 Å². The predicted octanol–water partition coefficient (Wildman–Crippen LogP) is 5.99. The first-order valence-corrected chi connectivity index (χ1v) is 10.5. The van der Waals surface area contributed by atoms with E-state index in [0.29, 0.717) is 5.95 Å². The third-order valence-electron chi connectivity index (χ3n) is 5.21. The number of benzene rings is 2. The van der Waals surface area contributed by atoms with Crippen molar-refractivity contribution in [2.45, 2.75) is 54.4 Å². The lowest BCUT2D eigenvalue weighted by atomic mass is 10.1. The molecule has 0 bridgehead atoms. The normalized spacial score (nSPS) is 11.1. The van der Waals surface area contributed by atoms with E-state index in [0.717, 1.165) is 59.5 Å². The Labute approximate surface area is 173 Å². The van der Waals surface area contributed by atoms with Crippen LogP contribution < -0.4 is 10.2 Å². The molecule has 0 spiro atoms. The minimum absolute atomic E-state index is 0.0437. The van der Waals surface area contributed by atoms with Crippen molar-refractivity contribution in [2.75, 3.05) is 23.3 Å². The molecular weight excluding hydrogens is 360 g/mol. The van der Waals surface area contributed by atoms with Gasteiger partial charge in [-0.1, -0.05) is 37.6 Å². The second-order valence-corrected chi connectivity index (χ2v) is 7.82. The molecular formula is C24H32N4O. The molecule has 0 aliphatic heterocycles. The highest BCUT2D eigenvalue weighted by Gasteiger charge is 2.20. The van der Waals surface area contributed by atoms with Gasteiger partial charge < -0.3 is 10.2 Å². The summed E-state index contributed by atoms with van der Waals surface area (Å²) in [6.45, 7) is 14.1. The Hall–Kier alpha value is -2.82. The van der Waals surface area contributed by atoms with E-state index in [1.54, 1.807) is 11.5 Å². The molecule has 0 saturated carbocycles. The maximum atomic E-state index is 12.7. The minimum Gasteiger partial charge on any atom is -0.370 e. The molecule has 3 rings (SSSR count). The zero-order chi connectivity index (χ0) is 21.1. The number of aryl methyl sites for hydroxylation is 3. The third kappa shape index (κ3) is 4.14. The lowest BCUT2D eigenvalue weighted by Crippen LogP contribution is -2.26. The fourth-order valence-electron chi connectivity index (χ4n) is 4.14. The van der Waals surface area contributed by atoms with Crippen molar-refractivity contribution in [2.24, 2.45) is 0 Å². The highest BCUT2D eigenvalue weighted by atomic mass is 16.2. The largest absolute Gasteiger partial charge is 0.370 e. The lowest BCUT2D eigenvalue weighted by molar-refractivity contribution is 0.0943. The molecule has 0 radical (unpaired) electrons. The number of imidazole rings is 1. The van der Waals surface area contributed by atoms with Gasteiger partial charge in [-0.3, -0.25) is 4.79 Å². The van der Waals surface area contributed by atoms with Gasteiger partial charge in [0.1, 0.15) is 5.52 Å². The summed E-state index contributed by atoms with van der Waals surface area (Å²) in [5, 5.41) is 3.45. The number of fused-ring (bicyclic) bond motifs is 1. The summed E-state index contributed by atoms with van der Waals surface area (Å²) in [5.41, 5.74) is 7.30. The highest BCUT2D eigenvalue weighted by molar-refractivity contribution is 6.00. The predicted molar refractivity (Wildman–Crippen MR) is 123 cm³/mol. The number of aromatic nitrogens is 2. The number of carbonyl (C=O) groups excluding carboxylic acids is 1. The van der Waals surface area contributed by atoms with Crippen molar-refractivity contribution >= 4 is 34.3 Å². The second-order valence-electron chi connectivity index (χ2n) is 7.82. The number of nitrogens with one attached hydrogen (secondary N) is 1. The van der Waals surface area contributed by atoms with Crippen LogP contribution in [0.4, 0.5) is 17.3 Å². The number of hydrogen-bond acceptors (Lipinski definition) is 4. The topological polar surface area (TPSA) is 50.2 Å². The quantitative estimate of drug-likeness (QED) is 0.536. The molecule has 0 aliphatic carbocycles. The Balaban J connectivity index is 2.19. The molecule has 2 aromatic carbocycles. The van der Waals surface area contributed by atoms with Crippen LogP contribution in [0.15, 0.2) is 30.3 Å². The number of para-hydroxylation sites is 1. The van der Waals surface area contributed by atoms with Gasteiger partial charge in [-0.25, -0.2) is 9.55 Å². The summed E-state index contributed by atoms with van der Waals surface area (Å²) >= 11 is 0. The average Bonchev–Trinajstić information content (AvgIpc) is 3.03. The Bertz CT molecular complexity index is 1010. The molecule has 5 heteroatoms. The SMILES string of the molecule is CCCN(CCC)c1cccc2nc(Nc3c(C)cc(C)cc3C)n(C(C)=O)c12. The van der Waals surface area contributed by atoms with E-state index in [9.17, 15) is 4.79 Å². The van der Waals surface area contributed by atoms with Crippen LogP contribution in [0.5, 0.6) is 0 Å². The fraction of sp³-hybridized carbons (Fsp3) is 0.417. The van der Waals surface area contributed by atoms with E-state index in [1.165, 1.54) is 5.56 Å². The lowest BCUT2D eigenvalue weighted by Gasteiger charge is -2.25. The van der Waals surface area contributed by atoms with Gasteiger partial charge in [-0.05, 0) is 56.9 Å². The zero-order valence-electron chi connectivity index (χ0n) is 18.5. The average molecular weight is 393 g/mol. The van der Waals surface area contributed by atoms with Gasteiger partial charge in [0.15, 0.2) is 0 Å². The molecule has 1 N–H and O–H groups in total. The number of nitrogens with zero attached hydrogens (tertiary/aromatic N) is 3. The standard InChI is InChI=1S/C24H32N4O/c1-7-12-27(13-8-2)21-11-9-10-20-23(21)28(19(6)29)24(25-20)26-22-17(4)14-16(3)15-18(22)5/h9-11,14-15H,7-8,12-13H2,1-6H3,(H,25,26). The molecule has 1 aromatic heterocycles. The molecule has 0 atom stereocenters. The summed E-state index contributed by atoms with van der Waals surface area (Å²) in [6, 6.07) is 10.4. The van der Waals surface area contributed by atoms with E-state index in [2.05, 4.69) is 63.0 Å². The molecule has 0 aliphatic rings. The first-order chi connectivity index (χ1) is 13.9. The molecule has 0 saturated heterocycles. The van der Waals surface area contributed by atoms with Gasteiger partial charge in [-0.2, -0.15) is 0 Å². The Morgan fingerprint density at radius 2 is 1.69 bits per heavy atom. The monoisotopic (exact) mass is 392 g/mol. The number of carbonyl (C=O) groups is 1. The van der Waals surface area contributed by atoms with E-state index in [-0.39, 0.29) is 5.91 Å². The summed E-state index contributed by atoms with van der Waals surface area (Å²) < 4.78 is 1.72. The molecule has 0 amide bonds. The van der Waals surface area contributed by atoms with Crippen LogP contribution in [-0.4, -0.2) is 28.5 Å². The van der Waals surface area contributed by atoms with Gasteiger partial charge in [0.2, 0.25) is 11.9 Å². The van der Waals surface area contributed by atoms with Crippen molar-refractivity contribution in [3.8, 4) is 0 Å². The summed E-state index contributed by atoms with van der Waals surface area (Å²) in [7, 11) is 0. The maximum Gasteiger partial charge on any atom is 0.230 e. The van der Waals surface area contributed by atoms with Gasteiger partial charge in [-0.15, -0.1) is 0 Å². The number of anilines is 3. The second kappa shape index (κ2) is 8.68. The Morgan fingerprint density at radius 3 is 2.24 bits per heavy atom. The van der Waals surface area contributed by atoms with Crippen molar-refractivity contribution in [3.05, 3.63) is 47.0 Å². The van der Waals surface area contributed by atoms with Crippen LogP contribution in [0, 0.1) is 20.8 Å².